The highest BCUT2D eigenvalue weighted by molar-refractivity contribution is 5.71. The molecule has 0 fully saturated rings. The van der Waals surface area contributed by atoms with Gasteiger partial charge in [-0.25, -0.2) is 0 Å². The van der Waals surface area contributed by atoms with E-state index in [9.17, 15) is 14.4 Å². The molecule has 0 amide bonds. The van der Waals surface area contributed by atoms with Gasteiger partial charge >= 0.3 is 17.9 Å². The number of allylic oxidation sites excluding steroid dienone is 12. The van der Waals surface area contributed by atoms with Crippen molar-refractivity contribution >= 4 is 17.9 Å². The van der Waals surface area contributed by atoms with Gasteiger partial charge in [0.2, 0.25) is 0 Å². The second-order valence-corrected chi connectivity index (χ2v) is 22.0. The van der Waals surface area contributed by atoms with Gasteiger partial charge < -0.3 is 14.2 Å². The molecule has 0 aromatic rings. The molecule has 0 N–H and O–H groups in total. The fourth-order valence-electron chi connectivity index (χ4n) is 9.53. The molecular weight excluding hydrogens is 937 g/mol. The Morgan fingerprint density at radius 2 is 0.513 bits per heavy atom. The maximum Gasteiger partial charge on any atom is 0.306 e. The van der Waals surface area contributed by atoms with Gasteiger partial charge in [0.1, 0.15) is 13.2 Å². The number of carbonyl (C=O) groups is 3. The Balaban J connectivity index is 4.22. The van der Waals surface area contributed by atoms with E-state index < -0.39 is 6.10 Å². The summed E-state index contributed by atoms with van der Waals surface area (Å²) >= 11 is 0. The number of esters is 3. The third-order valence-corrected chi connectivity index (χ3v) is 14.4. The maximum absolute atomic E-state index is 12.9. The summed E-state index contributed by atoms with van der Waals surface area (Å²) in [6.07, 6.45) is 83.5. The van der Waals surface area contributed by atoms with Crippen molar-refractivity contribution in [2.24, 2.45) is 0 Å². The van der Waals surface area contributed by atoms with Crippen molar-refractivity contribution in [2.45, 2.75) is 341 Å². The zero-order valence-corrected chi connectivity index (χ0v) is 50.5. The van der Waals surface area contributed by atoms with Gasteiger partial charge in [-0.15, -0.1) is 0 Å². The van der Waals surface area contributed by atoms with Crippen molar-refractivity contribution in [3.63, 3.8) is 0 Å². The molecule has 0 saturated heterocycles. The van der Waals surface area contributed by atoms with Crippen LogP contribution in [0.4, 0.5) is 0 Å². The van der Waals surface area contributed by atoms with Gasteiger partial charge in [-0.2, -0.15) is 0 Å². The second-order valence-electron chi connectivity index (χ2n) is 22.0. The Morgan fingerprint density at radius 3 is 0.803 bits per heavy atom. The van der Waals surface area contributed by atoms with Gasteiger partial charge in [0.05, 0.1) is 0 Å². The predicted octanol–water partition coefficient (Wildman–Crippen LogP) is 22.5. The first kappa shape index (κ1) is 72.8. The maximum atomic E-state index is 12.9. The summed E-state index contributed by atoms with van der Waals surface area (Å²) in [5.74, 6) is -0.864. The number of unbranched alkanes of at least 4 members (excludes halogenated alkanes) is 37. The molecule has 0 saturated carbocycles. The average molecular weight is 1060 g/mol. The highest BCUT2D eigenvalue weighted by Crippen LogP contribution is 2.17. The molecule has 0 heterocycles. The zero-order valence-electron chi connectivity index (χ0n) is 50.5. The molecule has 0 aromatic heterocycles. The Morgan fingerprint density at radius 1 is 0.276 bits per heavy atom. The molecule has 0 aliphatic heterocycles. The SMILES string of the molecule is CC/C=C\C/C=C\C/C=C\C/C=C\CCCCCCCCCCCCC(=O)OC(COC(=O)CCCCCCCCCCCC)COC(=O)CCCCCCCCCCCCCCC/C=C\C/C=C\CCCCCCC. The van der Waals surface area contributed by atoms with E-state index in [0.717, 1.165) is 89.9 Å². The lowest BCUT2D eigenvalue weighted by atomic mass is 10.0. The lowest BCUT2D eigenvalue weighted by Gasteiger charge is -2.18. The van der Waals surface area contributed by atoms with Crippen LogP contribution in [0.1, 0.15) is 335 Å². The molecule has 6 heteroatoms. The van der Waals surface area contributed by atoms with Gasteiger partial charge in [-0.1, -0.05) is 299 Å². The van der Waals surface area contributed by atoms with Crippen molar-refractivity contribution in [3.05, 3.63) is 72.9 Å². The third-order valence-electron chi connectivity index (χ3n) is 14.4. The molecule has 0 spiro atoms. The summed E-state index contributed by atoms with van der Waals surface area (Å²) < 4.78 is 16.9. The van der Waals surface area contributed by atoms with E-state index >= 15 is 0 Å². The van der Waals surface area contributed by atoms with Crippen LogP contribution >= 0.6 is 0 Å². The van der Waals surface area contributed by atoms with Crippen molar-refractivity contribution in [1.82, 2.24) is 0 Å². The first-order valence-corrected chi connectivity index (χ1v) is 32.9. The van der Waals surface area contributed by atoms with Gasteiger partial charge in [0, 0.05) is 19.3 Å². The molecule has 440 valence electrons. The first-order chi connectivity index (χ1) is 37.5. The fourth-order valence-corrected chi connectivity index (χ4v) is 9.53. The highest BCUT2D eigenvalue weighted by atomic mass is 16.6. The molecule has 0 aliphatic carbocycles. The van der Waals surface area contributed by atoms with E-state index in [0.29, 0.717) is 19.3 Å². The van der Waals surface area contributed by atoms with Crippen LogP contribution in [0.5, 0.6) is 0 Å². The lowest BCUT2D eigenvalue weighted by Crippen LogP contribution is -2.30. The average Bonchev–Trinajstić information content (AvgIpc) is 3.42. The predicted molar refractivity (Wildman–Crippen MR) is 330 cm³/mol. The molecule has 0 aromatic carbocycles. The van der Waals surface area contributed by atoms with Crippen LogP contribution in [0.3, 0.4) is 0 Å². The zero-order chi connectivity index (χ0) is 55.0. The van der Waals surface area contributed by atoms with Crippen molar-refractivity contribution in [1.29, 1.82) is 0 Å². The monoisotopic (exact) mass is 1060 g/mol. The van der Waals surface area contributed by atoms with Crippen LogP contribution in [0.15, 0.2) is 72.9 Å². The van der Waals surface area contributed by atoms with E-state index in [1.807, 2.05) is 0 Å². The lowest BCUT2D eigenvalue weighted by molar-refractivity contribution is -0.167. The van der Waals surface area contributed by atoms with Gasteiger partial charge in [0.15, 0.2) is 6.10 Å². The quantitative estimate of drug-likeness (QED) is 0.0261. The minimum atomic E-state index is -0.776. The Kier molecular flexibility index (Phi) is 61.7. The van der Waals surface area contributed by atoms with Crippen LogP contribution in [0.25, 0.3) is 0 Å². The Labute approximate surface area is 472 Å². The van der Waals surface area contributed by atoms with Crippen LogP contribution < -0.4 is 0 Å². The molecular formula is C70H124O6. The van der Waals surface area contributed by atoms with E-state index in [-0.39, 0.29) is 31.1 Å². The van der Waals surface area contributed by atoms with Crippen LogP contribution in [-0.4, -0.2) is 37.2 Å². The largest absolute Gasteiger partial charge is 0.462 e. The summed E-state index contributed by atoms with van der Waals surface area (Å²) in [4.78, 5) is 38.3. The number of carbonyl (C=O) groups excluding carboxylic acids is 3. The van der Waals surface area contributed by atoms with Crippen molar-refractivity contribution < 1.29 is 28.6 Å². The van der Waals surface area contributed by atoms with Crippen LogP contribution in [0, 0.1) is 0 Å². The van der Waals surface area contributed by atoms with Crippen molar-refractivity contribution in [3.8, 4) is 0 Å². The van der Waals surface area contributed by atoms with Crippen LogP contribution in [0.2, 0.25) is 0 Å². The van der Waals surface area contributed by atoms with Gasteiger partial charge in [-0.05, 0) is 89.9 Å². The summed E-state index contributed by atoms with van der Waals surface area (Å²) in [7, 11) is 0. The number of hydrogen-bond acceptors (Lipinski definition) is 6. The van der Waals surface area contributed by atoms with Crippen molar-refractivity contribution in [2.75, 3.05) is 13.2 Å². The Bertz CT molecular complexity index is 1400. The van der Waals surface area contributed by atoms with E-state index in [4.69, 9.17) is 14.2 Å². The molecule has 76 heavy (non-hydrogen) atoms. The summed E-state index contributed by atoms with van der Waals surface area (Å²) in [5.41, 5.74) is 0. The first-order valence-electron chi connectivity index (χ1n) is 32.9. The third kappa shape index (κ3) is 61.7. The molecule has 1 atom stereocenters. The summed E-state index contributed by atoms with van der Waals surface area (Å²) in [6.45, 7) is 6.54. The topological polar surface area (TPSA) is 78.9 Å². The Hall–Kier alpha value is -3.15. The molecule has 0 bridgehead atoms. The van der Waals surface area contributed by atoms with Gasteiger partial charge in [0.25, 0.3) is 0 Å². The summed E-state index contributed by atoms with van der Waals surface area (Å²) in [6, 6.07) is 0. The van der Waals surface area contributed by atoms with Gasteiger partial charge in [-0.3, -0.25) is 14.4 Å². The minimum Gasteiger partial charge on any atom is -0.462 e. The highest BCUT2D eigenvalue weighted by Gasteiger charge is 2.19. The van der Waals surface area contributed by atoms with E-state index in [2.05, 4.69) is 93.7 Å². The molecule has 1 unspecified atom stereocenters. The minimum absolute atomic E-state index is 0.0737. The second kappa shape index (κ2) is 64.4. The molecule has 0 rings (SSSR count). The van der Waals surface area contributed by atoms with E-state index in [1.54, 1.807) is 0 Å². The molecule has 6 nitrogen and oxygen atoms in total. The number of hydrogen-bond donors (Lipinski definition) is 0. The number of ether oxygens (including phenoxy) is 3. The molecule has 0 radical (unpaired) electrons. The summed E-state index contributed by atoms with van der Waals surface area (Å²) in [5, 5.41) is 0. The smallest absolute Gasteiger partial charge is 0.306 e. The standard InChI is InChI=1S/C70H124O6/c1-4-7-10-13-16-19-22-24-26-28-30-32-34-35-37-38-40-42-44-46-48-51-54-57-60-63-69(72)75-66-67(65-74-68(71)62-59-56-53-50-21-18-15-12-9-6-3)76-70(73)64-61-58-55-52-49-47-45-43-41-39-36-33-31-29-27-25-23-20-17-14-11-8-5-2/h8,11,17,20,22,24-25,27-28,30-31,33,67H,4-7,9-10,12-16,18-19,21,23,26,29,32,34-66H2,1-3H3/b11-8-,20-17-,24-22-,27-25-,30-28-,33-31-. The number of rotatable bonds is 60. The van der Waals surface area contributed by atoms with Crippen LogP contribution in [-0.2, 0) is 28.6 Å². The molecule has 0 aliphatic rings. The fraction of sp³-hybridized carbons (Fsp3) is 0.786. The normalized spacial score (nSPS) is 12.5. The van der Waals surface area contributed by atoms with E-state index in [1.165, 1.54) is 205 Å².